The molecule has 1 amide bonds. The molecule has 1 unspecified atom stereocenters. The molecule has 0 aliphatic carbocycles. The third-order valence-corrected chi connectivity index (χ3v) is 5.29. The molecular weight excluding hydrogens is 394 g/mol. The second kappa shape index (κ2) is 7.42. The average Bonchev–Trinajstić information content (AvgIpc) is 3.38. The van der Waals surface area contributed by atoms with Crippen LogP contribution in [-0.4, -0.2) is 34.9 Å². The highest BCUT2D eigenvalue weighted by molar-refractivity contribution is 6.30. The molecule has 2 aromatic carbocycles. The van der Waals surface area contributed by atoms with E-state index in [0.717, 1.165) is 28.6 Å². The van der Waals surface area contributed by atoms with Crippen molar-refractivity contribution >= 4 is 17.5 Å². The molecule has 1 atom stereocenters. The van der Waals surface area contributed by atoms with Crippen molar-refractivity contribution < 1.29 is 19.0 Å². The Morgan fingerprint density at radius 3 is 2.86 bits per heavy atom. The molecule has 0 spiro atoms. The van der Waals surface area contributed by atoms with E-state index in [-0.39, 0.29) is 18.8 Å². The monoisotopic (exact) mass is 411 g/mol. The van der Waals surface area contributed by atoms with Crippen LogP contribution in [0.2, 0.25) is 5.02 Å². The molecule has 2 aliphatic rings. The van der Waals surface area contributed by atoms with Crippen LogP contribution in [0.3, 0.4) is 0 Å². The summed E-state index contributed by atoms with van der Waals surface area (Å²) in [7, 11) is 0. The lowest BCUT2D eigenvalue weighted by Crippen LogP contribution is -2.39. The highest BCUT2D eigenvalue weighted by atomic mass is 35.5. The first kappa shape index (κ1) is 18.0. The van der Waals surface area contributed by atoms with E-state index in [1.807, 2.05) is 24.4 Å². The van der Waals surface area contributed by atoms with Crippen LogP contribution in [0, 0.1) is 0 Å². The number of rotatable bonds is 4. The van der Waals surface area contributed by atoms with Crippen LogP contribution >= 0.6 is 11.6 Å². The maximum Gasteiger partial charge on any atom is 0.251 e. The van der Waals surface area contributed by atoms with Gasteiger partial charge < -0.3 is 24.1 Å². The van der Waals surface area contributed by atoms with E-state index in [0.29, 0.717) is 30.3 Å². The number of amides is 1. The van der Waals surface area contributed by atoms with Gasteiger partial charge in [0, 0.05) is 22.7 Å². The Kier molecular flexibility index (Phi) is 4.61. The predicted octanol–water partition coefficient (Wildman–Crippen LogP) is 3.26. The van der Waals surface area contributed by atoms with E-state index in [1.165, 1.54) is 0 Å². The van der Waals surface area contributed by atoms with E-state index in [9.17, 15) is 4.79 Å². The fourth-order valence-corrected chi connectivity index (χ4v) is 3.63. The molecule has 0 saturated heterocycles. The molecule has 1 N–H and O–H groups in total. The predicted molar refractivity (Wildman–Crippen MR) is 106 cm³/mol. The van der Waals surface area contributed by atoms with Gasteiger partial charge in [-0.05, 0) is 42.5 Å². The third kappa shape index (κ3) is 3.54. The molecule has 3 aromatic rings. The molecule has 29 heavy (non-hydrogen) atoms. The van der Waals surface area contributed by atoms with Crippen LogP contribution in [0.5, 0.6) is 11.5 Å². The zero-order valence-corrected chi connectivity index (χ0v) is 16.2. The van der Waals surface area contributed by atoms with Crippen molar-refractivity contribution in [1.82, 2.24) is 14.9 Å². The number of nitrogens with one attached hydrogen (secondary N) is 1. The molecule has 8 heteroatoms. The van der Waals surface area contributed by atoms with Gasteiger partial charge in [0.1, 0.15) is 12.4 Å². The SMILES string of the molecule is O=C(NCC1Cn2c(-c3ccc4c(c3)OCO4)cnc2CO1)c1ccc(Cl)cc1. The highest BCUT2D eigenvalue weighted by Gasteiger charge is 2.24. The second-order valence-electron chi connectivity index (χ2n) is 6.89. The summed E-state index contributed by atoms with van der Waals surface area (Å²) in [5.41, 5.74) is 2.55. The highest BCUT2D eigenvalue weighted by Crippen LogP contribution is 2.36. The number of benzene rings is 2. The fourth-order valence-electron chi connectivity index (χ4n) is 3.50. The first-order valence-electron chi connectivity index (χ1n) is 9.27. The lowest BCUT2D eigenvalue weighted by Gasteiger charge is -2.26. The minimum absolute atomic E-state index is 0.152. The number of aromatic nitrogens is 2. The van der Waals surface area contributed by atoms with Crippen molar-refractivity contribution in [2.45, 2.75) is 19.3 Å². The van der Waals surface area contributed by atoms with E-state index < -0.39 is 0 Å². The van der Waals surface area contributed by atoms with Gasteiger partial charge in [0.15, 0.2) is 11.5 Å². The maximum atomic E-state index is 12.3. The van der Waals surface area contributed by atoms with E-state index in [2.05, 4.69) is 14.9 Å². The van der Waals surface area contributed by atoms with E-state index in [4.69, 9.17) is 25.8 Å². The van der Waals surface area contributed by atoms with Gasteiger partial charge in [0.2, 0.25) is 6.79 Å². The first-order valence-corrected chi connectivity index (χ1v) is 9.65. The molecule has 0 radical (unpaired) electrons. The van der Waals surface area contributed by atoms with Gasteiger partial charge in [-0.2, -0.15) is 0 Å². The van der Waals surface area contributed by atoms with Crippen LogP contribution < -0.4 is 14.8 Å². The summed E-state index contributed by atoms with van der Waals surface area (Å²) in [6, 6.07) is 12.6. The minimum atomic E-state index is -0.155. The molecule has 148 valence electrons. The number of ether oxygens (including phenoxy) is 3. The number of hydrogen-bond donors (Lipinski definition) is 1. The lowest BCUT2D eigenvalue weighted by atomic mass is 10.1. The van der Waals surface area contributed by atoms with Crippen LogP contribution in [0.4, 0.5) is 0 Å². The maximum absolute atomic E-state index is 12.3. The smallest absolute Gasteiger partial charge is 0.251 e. The van der Waals surface area contributed by atoms with Gasteiger partial charge in [-0.1, -0.05) is 11.6 Å². The number of halogens is 1. The number of nitrogens with zero attached hydrogens (tertiary/aromatic N) is 2. The molecule has 2 aliphatic heterocycles. The summed E-state index contributed by atoms with van der Waals surface area (Å²) in [4.78, 5) is 16.8. The molecule has 7 nitrogen and oxygen atoms in total. The summed E-state index contributed by atoms with van der Waals surface area (Å²) >= 11 is 5.87. The van der Waals surface area contributed by atoms with Crippen molar-refractivity contribution in [3.05, 3.63) is 65.1 Å². The van der Waals surface area contributed by atoms with Crippen molar-refractivity contribution in [2.75, 3.05) is 13.3 Å². The number of carbonyl (C=O) groups excluding carboxylic acids is 1. The molecule has 0 bridgehead atoms. The number of hydrogen-bond acceptors (Lipinski definition) is 5. The Bertz CT molecular complexity index is 1060. The average molecular weight is 412 g/mol. The van der Waals surface area contributed by atoms with Crippen molar-refractivity contribution in [1.29, 1.82) is 0 Å². The summed E-state index contributed by atoms with van der Waals surface area (Å²) < 4.78 is 18.9. The molecule has 0 saturated carbocycles. The minimum Gasteiger partial charge on any atom is -0.454 e. The first-order chi connectivity index (χ1) is 14.2. The van der Waals surface area contributed by atoms with Gasteiger partial charge in [0.25, 0.3) is 5.91 Å². The molecule has 3 heterocycles. The Balaban J connectivity index is 1.29. The zero-order valence-electron chi connectivity index (χ0n) is 15.4. The van der Waals surface area contributed by atoms with Crippen molar-refractivity contribution in [2.24, 2.45) is 0 Å². The lowest BCUT2D eigenvalue weighted by molar-refractivity contribution is 0.00374. The van der Waals surface area contributed by atoms with Gasteiger partial charge >= 0.3 is 0 Å². The van der Waals surface area contributed by atoms with Gasteiger partial charge in [0.05, 0.1) is 24.5 Å². The Labute approximate surface area is 172 Å². The molecule has 0 fully saturated rings. The molecule has 5 rings (SSSR count). The summed E-state index contributed by atoms with van der Waals surface area (Å²) in [6.07, 6.45) is 1.69. The third-order valence-electron chi connectivity index (χ3n) is 5.04. The summed E-state index contributed by atoms with van der Waals surface area (Å²) in [6.45, 7) is 1.64. The van der Waals surface area contributed by atoms with E-state index >= 15 is 0 Å². The zero-order chi connectivity index (χ0) is 19.8. The fraction of sp³-hybridized carbons (Fsp3) is 0.238. The topological polar surface area (TPSA) is 74.6 Å². The number of carbonyl (C=O) groups is 1. The van der Waals surface area contributed by atoms with Crippen LogP contribution in [0.1, 0.15) is 16.2 Å². The van der Waals surface area contributed by atoms with Gasteiger partial charge in [-0.15, -0.1) is 0 Å². The number of fused-ring (bicyclic) bond motifs is 2. The van der Waals surface area contributed by atoms with Crippen LogP contribution in [-0.2, 0) is 17.9 Å². The Morgan fingerprint density at radius 2 is 2.00 bits per heavy atom. The van der Waals surface area contributed by atoms with Crippen molar-refractivity contribution in [3.63, 3.8) is 0 Å². The van der Waals surface area contributed by atoms with E-state index in [1.54, 1.807) is 24.3 Å². The summed E-state index contributed by atoms with van der Waals surface area (Å²) in [5.74, 6) is 2.19. The van der Waals surface area contributed by atoms with Crippen LogP contribution in [0.25, 0.3) is 11.3 Å². The standard InChI is InChI=1S/C21H18ClN3O4/c22-15-4-1-13(2-5-15)21(26)24-8-16-10-25-17(9-23-20(25)11-27-16)14-3-6-18-19(7-14)29-12-28-18/h1-7,9,16H,8,10-12H2,(H,24,26). The second-order valence-corrected chi connectivity index (χ2v) is 7.32. The van der Waals surface area contributed by atoms with Gasteiger partial charge in [-0.25, -0.2) is 4.98 Å². The Hall–Kier alpha value is -3.03. The molecule has 1 aromatic heterocycles. The summed E-state index contributed by atoms with van der Waals surface area (Å²) in [5, 5.41) is 3.53. The molecular formula is C21H18ClN3O4. The Morgan fingerprint density at radius 1 is 1.17 bits per heavy atom. The van der Waals surface area contributed by atoms with Crippen molar-refractivity contribution in [3.8, 4) is 22.8 Å². The number of imidazole rings is 1. The van der Waals surface area contributed by atoms with Crippen LogP contribution in [0.15, 0.2) is 48.7 Å². The largest absolute Gasteiger partial charge is 0.454 e. The van der Waals surface area contributed by atoms with Gasteiger partial charge in [-0.3, -0.25) is 4.79 Å². The quantitative estimate of drug-likeness (QED) is 0.713. The normalized spacial score (nSPS) is 17.1.